The molecule has 0 radical (unpaired) electrons. The van der Waals surface area contributed by atoms with Crippen LogP contribution in [0.2, 0.25) is 0 Å². The number of anilines is 1. The van der Waals surface area contributed by atoms with Gasteiger partial charge in [0.05, 0.1) is 6.33 Å². The number of aromatic nitrogens is 6. The first-order chi connectivity index (χ1) is 13.2. The highest BCUT2D eigenvalue weighted by Crippen LogP contribution is 2.35. The maximum Gasteiger partial charge on any atom is 0.178 e. The molecule has 27 heavy (non-hydrogen) atoms. The highest BCUT2D eigenvalue weighted by molar-refractivity contribution is 5.48. The van der Waals surface area contributed by atoms with Crippen LogP contribution < -0.4 is 4.90 Å². The average Bonchev–Trinajstić information content (AvgIpc) is 3.17. The van der Waals surface area contributed by atoms with Crippen molar-refractivity contribution in [1.29, 1.82) is 0 Å². The fourth-order valence-electron chi connectivity index (χ4n) is 3.91. The largest absolute Gasteiger partial charge is 0.352 e. The molecular formula is C19H26N8. The molecule has 2 fully saturated rings. The smallest absolute Gasteiger partial charge is 0.178 e. The summed E-state index contributed by atoms with van der Waals surface area (Å²) in [6, 6.07) is 4.68. The van der Waals surface area contributed by atoms with Crippen LogP contribution >= 0.6 is 0 Å². The van der Waals surface area contributed by atoms with E-state index in [1.54, 1.807) is 0 Å². The van der Waals surface area contributed by atoms with Gasteiger partial charge in [0.15, 0.2) is 11.5 Å². The van der Waals surface area contributed by atoms with E-state index >= 15 is 0 Å². The van der Waals surface area contributed by atoms with Crippen LogP contribution in [-0.2, 0) is 13.5 Å². The van der Waals surface area contributed by atoms with Gasteiger partial charge in [0.25, 0.3) is 0 Å². The summed E-state index contributed by atoms with van der Waals surface area (Å²) in [7, 11) is 4.27. The van der Waals surface area contributed by atoms with Crippen molar-refractivity contribution in [3.8, 4) is 0 Å². The van der Waals surface area contributed by atoms with Gasteiger partial charge in [0.2, 0.25) is 0 Å². The van der Waals surface area contributed by atoms with Crippen molar-refractivity contribution in [3.05, 3.63) is 36.2 Å². The molecule has 3 aromatic rings. The third kappa shape index (κ3) is 2.97. The van der Waals surface area contributed by atoms with Gasteiger partial charge in [0.1, 0.15) is 5.82 Å². The maximum atomic E-state index is 4.84. The summed E-state index contributed by atoms with van der Waals surface area (Å²) in [6.45, 7) is 3.07. The first-order valence-electron chi connectivity index (χ1n) is 9.82. The Morgan fingerprint density at radius 2 is 2.04 bits per heavy atom. The molecule has 0 bridgehead atoms. The summed E-state index contributed by atoms with van der Waals surface area (Å²) in [6.07, 6.45) is 8.56. The van der Waals surface area contributed by atoms with E-state index in [0.717, 1.165) is 43.3 Å². The Labute approximate surface area is 158 Å². The monoisotopic (exact) mass is 366 g/mol. The Morgan fingerprint density at radius 3 is 2.74 bits per heavy atom. The normalized spacial score (nSPS) is 18.3. The summed E-state index contributed by atoms with van der Waals surface area (Å²) in [5, 5.41) is 13.5. The van der Waals surface area contributed by atoms with Crippen molar-refractivity contribution in [1.82, 2.24) is 34.3 Å². The fraction of sp³-hybridized carbons (Fsp3) is 0.579. The zero-order valence-electron chi connectivity index (χ0n) is 16.0. The lowest BCUT2D eigenvalue weighted by Crippen LogP contribution is -2.59. The fourth-order valence-corrected chi connectivity index (χ4v) is 3.91. The van der Waals surface area contributed by atoms with Crippen molar-refractivity contribution in [2.45, 2.75) is 37.6 Å². The molecule has 1 aliphatic carbocycles. The number of imidazole rings is 1. The van der Waals surface area contributed by atoms with E-state index in [1.807, 2.05) is 23.1 Å². The zero-order valence-corrected chi connectivity index (χ0v) is 16.0. The summed E-state index contributed by atoms with van der Waals surface area (Å²) >= 11 is 0. The van der Waals surface area contributed by atoms with Crippen molar-refractivity contribution >= 4 is 11.5 Å². The van der Waals surface area contributed by atoms with E-state index in [0.29, 0.717) is 12.0 Å². The predicted molar refractivity (Wildman–Crippen MR) is 103 cm³/mol. The Bertz CT molecular complexity index is 934. The van der Waals surface area contributed by atoms with Crippen LogP contribution in [0.25, 0.3) is 5.65 Å². The number of rotatable bonds is 6. The summed E-state index contributed by atoms with van der Waals surface area (Å²) in [4.78, 5) is 8.98. The molecule has 0 amide bonds. The van der Waals surface area contributed by atoms with Crippen molar-refractivity contribution < 1.29 is 0 Å². The van der Waals surface area contributed by atoms with Crippen LogP contribution in [0.15, 0.2) is 24.7 Å². The molecule has 0 spiro atoms. The Kier molecular flexibility index (Phi) is 4.07. The third-order valence-electron chi connectivity index (χ3n) is 6.19. The van der Waals surface area contributed by atoms with E-state index in [1.165, 1.54) is 25.0 Å². The molecule has 8 heteroatoms. The van der Waals surface area contributed by atoms with Crippen LogP contribution in [0, 0.1) is 0 Å². The quantitative estimate of drug-likeness (QED) is 0.658. The van der Waals surface area contributed by atoms with Gasteiger partial charge < -0.3 is 9.47 Å². The predicted octanol–water partition coefficient (Wildman–Crippen LogP) is 1.49. The van der Waals surface area contributed by atoms with Gasteiger partial charge in [-0.1, -0.05) is 6.42 Å². The second-order valence-corrected chi connectivity index (χ2v) is 7.93. The van der Waals surface area contributed by atoms with Crippen molar-refractivity contribution in [3.63, 3.8) is 0 Å². The van der Waals surface area contributed by atoms with Gasteiger partial charge in [-0.15, -0.1) is 15.3 Å². The molecule has 4 heterocycles. The topological polar surface area (TPSA) is 67.4 Å². The van der Waals surface area contributed by atoms with E-state index in [-0.39, 0.29) is 0 Å². The number of aryl methyl sites for hydroxylation is 1. The molecule has 0 N–H and O–H groups in total. The summed E-state index contributed by atoms with van der Waals surface area (Å²) in [5.74, 6) is 2.59. The van der Waals surface area contributed by atoms with Gasteiger partial charge in [-0.05, 0) is 32.0 Å². The van der Waals surface area contributed by atoms with E-state index in [4.69, 9.17) is 5.10 Å². The highest BCUT2D eigenvalue weighted by atomic mass is 15.4. The van der Waals surface area contributed by atoms with Crippen LogP contribution in [0.4, 0.5) is 5.82 Å². The molecule has 8 nitrogen and oxygen atoms in total. The van der Waals surface area contributed by atoms with Gasteiger partial charge in [-0.3, -0.25) is 4.90 Å². The number of nitrogens with zero attached hydrogens (tertiary/aromatic N) is 8. The lowest BCUT2D eigenvalue weighted by Gasteiger charge is -2.44. The Hall–Kier alpha value is -2.48. The minimum Gasteiger partial charge on any atom is -0.352 e. The SMILES string of the molecule is CN(CCc1cncn1C)C1CN(c2ccc3nnc(C4CCC4)n3n2)C1. The summed E-state index contributed by atoms with van der Waals surface area (Å²) in [5.41, 5.74) is 2.13. The van der Waals surface area contributed by atoms with E-state index < -0.39 is 0 Å². The molecule has 142 valence electrons. The Morgan fingerprint density at radius 1 is 1.19 bits per heavy atom. The van der Waals surface area contributed by atoms with Crippen LogP contribution in [-0.4, -0.2) is 67.0 Å². The number of hydrogen-bond acceptors (Lipinski definition) is 6. The molecule has 1 saturated heterocycles. The Balaban J connectivity index is 1.22. The van der Waals surface area contributed by atoms with Crippen LogP contribution in [0.3, 0.4) is 0 Å². The van der Waals surface area contributed by atoms with Gasteiger partial charge in [-0.25, -0.2) is 4.98 Å². The summed E-state index contributed by atoms with van der Waals surface area (Å²) < 4.78 is 4.05. The minimum absolute atomic E-state index is 0.532. The molecule has 1 saturated carbocycles. The molecule has 2 aliphatic rings. The number of likely N-dealkylation sites (N-methyl/N-ethyl adjacent to an activating group) is 1. The number of hydrogen-bond donors (Lipinski definition) is 0. The zero-order chi connectivity index (χ0) is 18.4. The molecular weight excluding hydrogens is 340 g/mol. The molecule has 1 aliphatic heterocycles. The molecule has 0 aromatic carbocycles. The molecule has 3 aromatic heterocycles. The van der Waals surface area contributed by atoms with E-state index in [9.17, 15) is 0 Å². The maximum absolute atomic E-state index is 4.84. The first kappa shape index (κ1) is 16.7. The van der Waals surface area contributed by atoms with Crippen LogP contribution in [0.5, 0.6) is 0 Å². The lowest BCUT2D eigenvalue weighted by molar-refractivity contribution is 0.205. The standard InChI is InChI=1S/C19H26N8/c1-24(9-8-15-10-20-13-25(15)2)16-11-26(12-16)18-7-6-17-21-22-19(27(17)23-18)14-4-3-5-14/h6-7,10,13-14,16H,3-5,8-9,11-12H2,1-2H3. The molecule has 5 rings (SSSR count). The molecule has 0 atom stereocenters. The second kappa shape index (κ2) is 6.60. The van der Waals surface area contributed by atoms with Crippen molar-refractivity contribution in [2.24, 2.45) is 7.05 Å². The van der Waals surface area contributed by atoms with Gasteiger partial charge in [0, 0.05) is 57.0 Å². The molecule has 0 unspecified atom stereocenters. The third-order valence-corrected chi connectivity index (χ3v) is 6.19. The average molecular weight is 366 g/mol. The van der Waals surface area contributed by atoms with Gasteiger partial charge >= 0.3 is 0 Å². The minimum atomic E-state index is 0.532. The van der Waals surface area contributed by atoms with Gasteiger partial charge in [-0.2, -0.15) is 4.52 Å². The van der Waals surface area contributed by atoms with E-state index in [2.05, 4.69) is 49.7 Å². The highest BCUT2D eigenvalue weighted by Gasteiger charge is 2.32. The van der Waals surface area contributed by atoms with Crippen molar-refractivity contribution in [2.75, 3.05) is 31.6 Å². The lowest BCUT2D eigenvalue weighted by atomic mass is 9.85. The number of fused-ring (bicyclic) bond motifs is 1. The second-order valence-electron chi connectivity index (χ2n) is 7.93. The first-order valence-corrected chi connectivity index (χ1v) is 9.82. The van der Waals surface area contributed by atoms with Crippen LogP contribution in [0.1, 0.15) is 36.7 Å².